The van der Waals surface area contributed by atoms with E-state index in [0.29, 0.717) is 24.5 Å². The van der Waals surface area contributed by atoms with Gasteiger partial charge in [-0.2, -0.15) is 0 Å². The maximum absolute atomic E-state index is 11.6. The first-order chi connectivity index (χ1) is 9.01. The van der Waals surface area contributed by atoms with Crippen molar-refractivity contribution in [1.82, 2.24) is 0 Å². The Morgan fingerprint density at radius 2 is 2.11 bits per heavy atom. The maximum Gasteiger partial charge on any atom is 0.320 e. The van der Waals surface area contributed by atoms with Crippen molar-refractivity contribution in [2.75, 3.05) is 18.5 Å². The Hall–Kier alpha value is -1.92. The number of hydrogen-bond donors (Lipinski definition) is 2. The van der Waals surface area contributed by atoms with E-state index in [-0.39, 0.29) is 0 Å². The van der Waals surface area contributed by atoms with Crippen molar-refractivity contribution >= 4 is 17.6 Å². The predicted molar refractivity (Wildman–Crippen MR) is 64.7 cm³/mol. The van der Waals surface area contributed by atoms with E-state index in [1.807, 2.05) is 0 Å². The summed E-state index contributed by atoms with van der Waals surface area (Å²) < 4.78 is 11.1. The lowest BCUT2D eigenvalue weighted by atomic mass is 9.97. The van der Waals surface area contributed by atoms with Crippen molar-refractivity contribution < 1.29 is 24.2 Å². The number of benzene rings is 1. The summed E-state index contributed by atoms with van der Waals surface area (Å²) in [6.45, 7) is 2.82. The minimum Gasteiger partial charge on any atom is -0.480 e. The largest absolute Gasteiger partial charge is 0.480 e. The summed E-state index contributed by atoms with van der Waals surface area (Å²) >= 11 is 0. The average molecular weight is 263 g/mol. The lowest BCUT2D eigenvalue weighted by Crippen LogP contribution is -2.22. The zero-order valence-electron chi connectivity index (χ0n) is 10.3. The Morgan fingerprint density at radius 3 is 2.74 bits per heavy atom. The molecule has 0 radical (unpaired) electrons. The molecule has 3 rings (SSSR count). The third-order valence-electron chi connectivity index (χ3n) is 3.49. The number of nitrogens with one attached hydrogen (secondary N) is 1. The Kier molecular flexibility index (Phi) is 2.58. The lowest BCUT2D eigenvalue weighted by Gasteiger charge is -2.23. The average Bonchev–Trinajstić information content (AvgIpc) is 2.91. The minimum absolute atomic E-state index is 0.475. The standard InChI is InChI=1S/C13H13NO5/c1-13(18-4-5-19-13)7-2-3-8-9(6-7)14-11(15)10(8)12(16)17/h2-3,6,10H,4-5H2,1H3,(H,14,15)(H,16,17). The fourth-order valence-corrected chi connectivity index (χ4v) is 2.47. The molecule has 2 aliphatic heterocycles. The van der Waals surface area contributed by atoms with Crippen molar-refractivity contribution in [3.63, 3.8) is 0 Å². The fraction of sp³-hybridized carbons (Fsp3) is 0.385. The fourth-order valence-electron chi connectivity index (χ4n) is 2.47. The Balaban J connectivity index is 2.01. The molecule has 1 saturated heterocycles. The number of aliphatic carboxylic acids is 1. The minimum atomic E-state index is -1.15. The number of rotatable bonds is 2. The van der Waals surface area contributed by atoms with Gasteiger partial charge >= 0.3 is 5.97 Å². The molecule has 1 atom stereocenters. The van der Waals surface area contributed by atoms with Gasteiger partial charge in [0.15, 0.2) is 11.7 Å². The first-order valence-corrected chi connectivity index (χ1v) is 5.97. The summed E-state index contributed by atoms with van der Waals surface area (Å²) in [6.07, 6.45) is 0. The van der Waals surface area contributed by atoms with Crippen LogP contribution in [0.5, 0.6) is 0 Å². The molecule has 0 spiro atoms. The van der Waals surface area contributed by atoms with Gasteiger partial charge in [-0.15, -0.1) is 0 Å². The van der Waals surface area contributed by atoms with Gasteiger partial charge in [0.25, 0.3) is 0 Å². The Bertz CT molecular complexity index is 562. The molecular weight excluding hydrogens is 250 g/mol. The number of carboxylic acids is 1. The lowest BCUT2D eigenvalue weighted by molar-refractivity contribution is -0.149. The quantitative estimate of drug-likeness (QED) is 0.778. The molecule has 1 fully saturated rings. The van der Waals surface area contributed by atoms with Crippen molar-refractivity contribution in [3.8, 4) is 0 Å². The summed E-state index contributed by atoms with van der Waals surface area (Å²) in [5.41, 5.74) is 1.74. The monoisotopic (exact) mass is 263 g/mol. The van der Waals surface area contributed by atoms with Gasteiger partial charge < -0.3 is 19.9 Å². The number of carbonyl (C=O) groups excluding carboxylic acids is 1. The van der Waals surface area contributed by atoms with Crippen LogP contribution in [-0.2, 0) is 24.8 Å². The smallest absolute Gasteiger partial charge is 0.320 e. The Labute approximate surface area is 109 Å². The molecule has 0 saturated carbocycles. The highest BCUT2D eigenvalue weighted by molar-refractivity contribution is 6.14. The number of carbonyl (C=O) groups is 2. The topological polar surface area (TPSA) is 84.9 Å². The predicted octanol–water partition coefficient (Wildman–Crippen LogP) is 1.03. The molecule has 6 heteroatoms. The summed E-state index contributed by atoms with van der Waals surface area (Å²) in [6, 6.07) is 5.08. The molecule has 2 N–H and O–H groups in total. The highest BCUT2D eigenvalue weighted by atomic mass is 16.7. The van der Waals surface area contributed by atoms with Crippen LogP contribution in [0.15, 0.2) is 18.2 Å². The van der Waals surface area contributed by atoms with Crippen LogP contribution >= 0.6 is 0 Å². The van der Waals surface area contributed by atoms with E-state index in [9.17, 15) is 9.59 Å². The van der Waals surface area contributed by atoms with Gasteiger partial charge in [0.05, 0.1) is 13.2 Å². The normalized spacial score (nSPS) is 24.1. The van der Waals surface area contributed by atoms with Crippen molar-refractivity contribution in [2.45, 2.75) is 18.6 Å². The van der Waals surface area contributed by atoms with Crippen molar-refractivity contribution in [1.29, 1.82) is 0 Å². The number of anilines is 1. The first kappa shape index (κ1) is 12.1. The van der Waals surface area contributed by atoms with Crippen LogP contribution < -0.4 is 5.32 Å². The van der Waals surface area contributed by atoms with E-state index in [4.69, 9.17) is 14.6 Å². The van der Waals surface area contributed by atoms with Crippen LogP contribution in [0.2, 0.25) is 0 Å². The van der Waals surface area contributed by atoms with E-state index in [2.05, 4.69) is 5.32 Å². The highest BCUT2D eigenvalue weighted by Gasteiger charge is 2.39. The van der Waals surface area contributed by atoms with Gasteiger partial charge in [0.1, 0.15) is 0 Å². The zero-order valence-corrected chi connectivity index (χ0v) is 10.3. The van der Waals surface area contributed by atoms with Crippen LogP contribution in [0, 0.1) is 0 Å². The summed E-state index contributed by atoms with van der Waals surface area (Å²) in [5.74, 6) is -3.63. The second-order valence-electron chi connectivity index (χ2n) is 4.71. The summed E-state index contributed by atoms with van der Waals surface area (Å²) in [5, 5.41) is 11.6. The second kappa shape index (κ2) is 4.04. The molecule has 19 heavy (non-hydrogen) atoms. The number of ether oxygens (including phenoxy) is 2. The Morgan fingerprint density at radius 1 is 1.42 bits per heavy atom. The van der Waals surface area contributed by atoms with Crippen LogP contribution in [0.4, 0.5) is 5.69 Å². The number of amides is 1. The third-order valence-corrected chi connectivity index (χ3v) is 3.49. The first-order valence-electron chi connectivity index (χ1n) is 5.97. The zero-order chi connectivity index (χ0) is 13.6. The summed E-state index contributed by atoms with van der Waals surface area (Å²) in [4.78, 5) is 22.7. The SMILES string of the molecule is CC1(c2ccc3c(c2)NC(=O)C3C(=O)O)OCCO1. The molecule has 6 nitrogen and oxygen atoms in total. The van der Waals surface area contributed by atoms with E-state index in [1.54, 1.807) is 25.1 Å². The molecule has 2 heterocycles. The van der Waals surface area contributed by atoms with Gasteiger partial charge in [-0.25, -0.2) is 0 Å². The van der Waals surface area contributed by atoms with Crippen molar-refractivity contribution in [2.24, 2.45) is 0 Å². The van der Waals surface area contributed by atoms with Gasteiger partial charge in [0, 0.05) is 11.3 Å². The third kappa shape index (κ3) is 1.80. The maximum atomic E-state index is 11.6. The van der Waals surface area contributed by atoms with Crippen LogP contribution in [0.25, 0.3) is 0 Å². The highest BCUT2D eigenvalue weighted by Crippen LogP contribution is 2.38. The molecule has 100 valence electrons. The van der Waals surface area contributed by atoms with Crippen molar-refractivity contribution in [3.05, 3.63) is 29.3 Å². The van der Waals surface area contributed by atoms with Crippen LogP contribution in [0.3, 0.4) is 0 Å². The van der Waals surface area contributed by atoms with Crippen LogP contribution in [-0.4, -0.2) is 30.2 Å². The summed E-state index contributed by atoms with van der Waals surface area (Å²) in [7, 11) is 0. The van der Waals surface area contributed by atoms with Gasteiger partial charge in [0.2, 0.25) is 5.91 Å². The van der Waals surface area contributed by atoms with E-state index < -0.39 is 23.6 Å². The second-order valence-corrected chi connectivity index (χ2v) is 4.71. The molecular formula is C13H13NO5. The number of fused-ring (bicyclic) bond motifs is 1. The van der Waals surface area contributed by atoms with Gasteiger partial charge in [-0.3, -0.25) is 9.59 Å². The molecule has 0 aromatic heterocycles. The molecule has 2 aliphatic rings. The van der Waals surface area contributed by atoms with E-state index in [0.717, 1.165) is 5.56 Å². The molecule has 0 bridgehead atoms. The van der Waals surface area contributed by atoms with Gasteiger partial charge in [-0.1, -0.05) is 12.1 Å². The molecule has 1 aromatic rings. The number of hydrogen-bond acceptors (Lipinski definition) is 4. The molecule has 1 aromatic carbocycles. The van der Waals surface area contributed by atoms with E-state index >= 15 is 0 Å². The molecule has 0 aliphatic carbocycles. The van der Waals surface area contributed by atoms with Gasteiger partial charge in [-0.05, 0) is 18.6 Å². The number of carboxylic acid groups (broad SMARTS) is 1. The molecule has 1 unspecified atom stereocenters. The van der Waals surface area contributed by atoms with E-state index in [1.165, 1.54) is 0 Å². The molecule has 1 amide bonds. The van der Waals surface area contributed by atoms with Crippen LogP contribution in [0.1, 0.15) is 24.0 Å².